The third-order valence-corrected chi connectivity index (χ3v) is 5.12. The van der Waals surface area contributed by atoms with Crippen molar-refractivity contribution >= 4 is 12.0 Å². The van der Waals surface area contributed by atoms with Crippen LogP contribution in [0.25, 0.3) is 0 Å². The SMILES string of the molecule is CCCC1(CNC(=O)NC2(C(=O)O)CCCC(C)C2)CC1. The first-order valence-corrected chi connectivity index (χ1v) is 8.21. The highest BCUT2D eigenvalue weighted by Gasteiger charge is 2.45. The molecule has 3 N–H and O–H groups in total. The van der Waals surface area contributed by atoms with E-state index in [1.54, 1.807) is 0 Å². The largest absolute Gasteiger partial charge is 0.480 e. The Balaban J connectivity index is 1.88. The van der Waals surface area contributed by atoms with Gasteiger partial charge in [0.05, 0.1) is 0 Å². The molecule has 120 valence electrons. The molecule has 2 amide bonds. The molecule has 2 fully saturated rings. The van der Waals surface area contributed by atoms with Crippen molar-refractivity contribution < 1.29 is 14.7 Å². The van der Waals surface area contributed by atoms with Crippen molar-refractivity contribution in [1.29, 1.82) is 0 Å². The van der Waals surface area contributed by atoms with Gasteiger partial charge in [0, 0.05) is 6.54 Å². The lowest BCUT2D eigenvalue weighted by Gasteiger charge is -2.37. The number of amides is 2. The van der Waals surface area contributed by atoms with E-state index in [4.69, 9.17) is 0 Å². The van der Waals surface area contributed by atoms with Crippen LogP contribution in [0.15, 0.2) is 0 Å². The number of carboxylic acid groups (broad SMARTS) is 1. The van der Waals surface area contributed by atoms with E-state index in [1.165, 1.54) is 12.8 Å². The van der Waals surface area contributed by atoms with Crippen LogP contribution >= 0.6 is 0 Å². The molecule has 0 aromatic heterocycles. The zero-order valence-electron chi connectivity index (χ0n) is 13.2. The maximum Gasteiger partial charge on any atom is 0.329 e. The van der Waals surface area contributed by atoms with Crippen molar-refractivity contribution in [1.82, 2.24) is 10.6 Å². The average Bonchev–Trinajstić information content (AvgIpc) is 3.17. The van der Waals surface area contributed by atoms with Crippen LogP contribution in [-0.2, 0) is 4.79 Å². The zero-order chi connectivity index (χ0) is 15.5. The van der Waals surface area contributed by atoms with Crippen molar-refractivity contribution in [2.45, 2.75) is 70.8 Å². The minimum Gasteiger partial charge on any atom is -0.480 e. The fraction of sp³-hybridized carbons (Fsp3) is 0.875. The van der Waals surface area contributed by atoms with Gasteiger partial charge in [-0.3, -0.25) is 0 Å². The summed E-state index contributed by atoms with van der Waals surface area (Å²) in [4.78, 5) is 23.8. The van der Waals surface area contributed by atoms with E-state index < -0.39 is 11.5 Å². The van der Waals surface area contributed by atoms with Gasteiger partial charge >= 0.3 is 12.0 Å². The van der Waals surface area contributed by atoms with E-state index in [0.717, 1.165) is 25.7 Å². The van der Waals surface area contributed by atoms with Gasteiger partial charge in [-0.1, -0.05) is 33.1 Å². The number of hydrogen-bond acceptors (Lipinski definition) is 2. The van der Waals surface area contributed by atoms with Crippen LogP contribution in [-0.4, -0.2) is 29.2 Å². The summed E-state index contributed by atoms with van der Waals surface area (Å²) >= 11 is 0. The third-order valence-electron chi connectivity index (χ3n) is 5.12. The van der Waals surface area contributed by atoms with E-state index >= 15 is 0 Å². The first-order chi connectivity index (χ1) is 9.91. The van der Waals surface area contributed by atoms with Crippen molar-refractivity contribution in [3.63, 3.8) is 0 Å². The summed E-state index contributed by atoms with van der Waals surface area (Å²) in [6.45, 7) is 4.87. The number of rotatable bonds is 6. The molecule has 0 bridgehead atoms. The first kappa shape index (κ1) is 16.1. The molecule has 2 rings (SSSR count). The summed E-state index contributed by atoms with van der Waals surface area (Å²) in [7, 11) is 0. The monoisotopic (exact) mass is 296 g/mol. The van der Waals surface area contributed by atoms with Crippen LogP contribution in [0.4, 0.5) is 4.79 Å². The van der Waals surface area contributed by atoms with Gasteiger partial charge in [0.15, 0.2) is 0 Å². The van der Waals surface area contributed by atoms with E-state index in [2.05, 4.69) is 24.5 Å². The molecule has 0 heterocycles. The number of carboxylic acids is 1. The van der Waals surface area contributed by atoms with Crippen molar-refractivity contribution in [2.24, 2.45) is 11.3 Å². The molecule has 5 nitrogen and oxygen atoms in total. The van der Waals surface area contributed by atoms with Gasteiger partial charge < -0.3 is 15.7 Å². The second kappa shape index (κ2) is 6.24. The average molecular weight is 296 g/mol. The maximum atomic E-state index is 12.1. The zero-order valence-corrected chi connectivity index (χ0v) is 13.2. The van der Waals surface area contributed by atoms with Gasteiger partial charge in [-0.05, 0) is 43.4 Å². The molecule has 0 aromatic carbocycles. The normalized spacial score (nSPS) is 30.5. The Morgan fingerprint density at radius 3 is 2.52 bits per heavy atom. The van der Waals surface area contributed by atoms with E-state index in [1.807, 2.05) is 0 Å². The highest BCUT2D eigenvalue weighted by atomic mass is 16.4. The summed E-state index contributed by atoms with van der Waals surface area (Å²) in [6, 6.07) is -0.325. The highest BCUT2D eigenvalue weighted by molar-refractivity contribution is 5.86. The van der Waals surface area contributed by atoms with Gasteiger partial charge in [-0.2, -0.15) is 0 Å². The van der Waals surface area contributed by atoms with Crippen molar-refractivity contribution in [3.8, 4) is 0 Å². The summed E-state index contributed by atoms with van der Waals surface area (Å²) in [5, 5.41) is 15.2. The van der Waals surface area contributed by atoms with Crippen LogP contribution in [0.3, 0.4) is 0 Å². The molecule has 2 aliphatic rings. The third kappa shape index (κ3) is 3.89. The van der Waals surface area contributed by atoms with Crippen molar-refractivity contribution in [2.75, 3.05) is 6.54 Å². The Bertz CT molecular complexity index is 406. The topological polar surface area (TPSA) is 78.4 Å². The first-order valence-electron chi connectivity index (χ1n) is 8.21. The molecular weight excluding hydrogens is 268 g/mol. The number of aliphatic carboxylic acids is 1. The highest BCUT2D eigenvalue weighted by Crippen LogP contribution is 2.48. The van der Waals surface area contributed by atoms with Crippen molar-refractivity contribution in [3.05, 3.63) is 0 Å². The lowest BCUT2D eigenvalue weighted by molar-refractivity contribution is -0.146. The molecule has 0 aliphatic heterocycles. The standard InChI is InChI=1S/C16H28N2O3/c1-3-6-15(8-9-15)11-17-14(21)18-16(13(19)20)7-4-5-12(2)10-16/h12H,3-11H2,1-2H3,(H,19,20)(H2,17,18,21). The molecule has 0 aromatic rings. The Hall–Kier alpha value is -1.26. The van der Waals surface area contributed by atoms with E-state index in [9.17, 15) is 14.7 Å². The van der Waals surface area contributed by atoms with Crippen LogP contribution in [0.1, 0.15) is 65.2 Å². The lowest BCUT2D eigenvalue weighted by Crippen LogP contribution is -2.59. The summed E-state index contributed by atoms with van der Waals surface area (Å²) in [5.74, 6) is -0.566. The Labute approximate surface area is 126 Å². The van der Waals surface area contributed by atoms with Gasteiger partial charge in [-0.15, -0.1) is 0 Å². The van der Waals surface area contributed by atoms with E-state index in [-0.39, 0.29) is 11.4 Å². The fourth-order valence-corrected chi connectivity index (χ4v) is 3.66. The van der Waals surface area contributed by atoms with Gasteiger partial charge in [0.2, 0.25) is 0 Å². The smallest absolute Gasteiger partial charge is 0.329 e. The second-order valence-electron chi connectivity index (χ2n) is 7.15. The molecule has 2 aliphatic carbocycles. The summed E-state index contributed by atoms with van der Waals surface area (Å²) < 4.78 is 0. The molecule has 21 heavy (non-hydrogen) atoms. The minimum atomic E-state index is -1.08. The number of hydrogen-bond donors (Lipinski definition) is 3. The lowest BCUT2D eigenvalue weighted by atomic mass is 9.76. The van der Waals surface area contributed by atoms with E-state index in [0.29, 0.717) is 25.3 Å². The molecule has 0 radical (unpaired) electrons. The van der Waals surface area contributed by atoms with Gasteiger partial charge in [0.1, 0.15) is 5.54 Å². The Morgan fingerprint density at radius 2 is 2.00 bits per heavy atom. The Kier molecular flexibility index (Phi) is 4.79. The van der Waals surface area contributed by atoms with Crippen LogP contribution < -0.4 is 10.6 Å². The molecule has 0 spiro atoms. The molecule has 5 heteroatoms. The molecular formula is C16H28N2O3. The second-order valence-corrected chi connectivity index (χ2v) is 7.15. The minimum absolute atomic E-state index is 0.280. The van der Waals surface area contributed by atoms with Gasteiger partial charge in [0.25, 0.3) is 0 Å². The van der Waals surface area contributed by atoms with Crippen LogP contribution in [0.2, 0.25) is 0 Å². The fourth-order valence-electron chi connectivity index (χ4n) is 3.66. The van der Waals surface area contributed by atoms with Crippen LogP contribution in [0, 0.1) is 11.3 Å². The number of urea groups is 1. The Morgan fingerprint density at radius 1 is 1.29 bits per heavy atom. The molecule has 2 unspecified atom stereocenters. The number of nitrogens with one attached hydrogen (secondary N) is 2. The summed E-state index contributed by atoms with van der Waals surface area (Å²) in [6.07, 6.45) is 7.54. The summed E-state index contributed by atoms with van der Waals surface area (Å²) in [5.41, 5.74) is -0.800. The molecule has 0 saturated heterocycles. The predicted molar refractivity (Wildman–Crippen MR) is 81.1 cm³/mol. The number of carbonyl (C=O) groups is 2. The molecule has 2 atom stereocenters. The maximum absolute atomic E-state index is 12.1. The predicted octanol–water partition coefficient (Wildman–Crippen LogP) is 2.90. The number of carbonyl (C=O) groups excluding carboxylic acids is 1. The quantitative estimate of drug-likeness (QED) is 0.705. The van der Waals surface area contributed by atoms with Gasteiger partial charge in [-0.25, -0.2) is 9.59 Å². The molecule has 2 saturated carbocycles. The van der Waals surface area contributed by atoms with Crippen LogP contribution in [0.5, 0.6) is 0 Å².